The summed E-state index contributed by atoms with van der Waals surface area (Å²) in [5.41, 5.74) is -0.238. The Morgan fingerprint density at radius 2 is 1.69 bits per heavy atom. The van der Waals surface area contributed by atoms with Crippen LogP contribution in [0.25, 0.3) is 0 Å². The molecule has 0 unspecified atom stereocenters. The molecule has 2 rings (SSSR count). The zero-order chi connectivity index (χ0) is 24.3. The van der Waals surface area contributed by atoms with Crippen LogP contribution in [-0.2, 0) is 24.8 Å². The summed E-state index contributed by atoms with van der Waals surface area (Å²) in [6.45, 7) is -0.662. The van der Waals surface area contributed by atoms with Crippen molar-refractivity contribution in [3.05, 3.63) is 52.6 Å². The van der Waals surface area contributed by atoms with Gasteiger partial charge in [-0.25, -0.2) is 21.1 Å². The number of benzene rings is 2. The van der Waals surface area contributed by atoms with E-state index in [0.29, 0.717) is 0 Å². The minimum Gasteiger partial charge on any atom is -0.495 e. The Bertz CT molecular complexity index is 1230. The molecular formula is C18H22N4O8S2. The maximum Gasteiger partial charge on any atom is 0.271 e. The van der Waals surface area contributed by atoms with Crippen molar-refractivity contribution in [2.75, 3.05) is 43.6 Å². The number of rotatable bonds is 9. The molecule has 0 heterocycles. The Kier molecular flexibility index (Phi) is 7.43. The van der Waals surface area contributed by atoms with Crippen molar-refractivity contribution in [3.8, 4) is 5.75 Å². The monoisotopic (exact) mass is 486 g/mol. The van der Waals surface area contributed by atoms with Gasteiger partial charge in [0, 0.05) is 26.2 Å². The van der Waals surface area contributed by atoms with Crippen molar-refractivity contribution in [1.29, 1.82) is 0 Å². The standard InChI is InChI=1S/C18H22N4O8S2/c1-20(2)32(28,29)15-8-5-13(6-9-15)21(31(4,26)27)12-18(23)19-16-11-14(22(24)25)7-10-17(16)30-3/h5-11H,12H2,1-4H3,(H,19,23). The van der Waals surface area contributed by atoms with Crippen molar-refractivity contribution in [3.63, 3.8) is 0 Å². The number of nitro groups is 1. The molecule has 12 nitrogen and oxygen atoms in total. The number of anilines is 2. The van der Waals surface area contributed by atoms with Crippen molar-refractivity contribution >= 4 is 43.0 Å². The Morgan fingerprint density at radius 3 is 2.16 bits per heavy atom. The van der Waals surface area contributed by atoms with E-state index in [4.69, 9.17) is 4.74 Å². The van der Waals surface area contributed by atoms with Crippen LogP contribution in [0.2, 0.25) is 0 Å². The van der Waals surface area contributed by atoms with Crippen LogP contribution in [0, 0.1) is 10.1 Å². The van der Waals surface area contributed by atoms with E-state index in [1.807, 2.05) is 0 Å². The Morgan fingerprint density at radius 1 is 1.09 bits per heavy atom. The van der Waals surface area contributed by atoms with E-state index in [1.165, 1.54) is 57.6 Å². The van der Waals surface area contributed by atoms with E-state index in [1.54, 1.807) is 0 Å². The number of methoxy groups -OCH3 is 1. The van der Waals surface area contributed by atoms with Gasteiger partial charge in [0.2, 0.25) is 26.0 Å². The van der Waals surface area contributed by atoms with Crippen LogP contribution in [0.4, 0.5) is 17.1 Å². The molecule has 1 amide bonds. The summed E-state index contributed by atoms with van der Waals surface area (Å²) in [6.07, 6.45) is 0.888. The van der Waals surface area contributed by atoms with Gasteiger partial charge in [0.05, 0.1) is 34.6 Å². The maximum atomic E-state index is 12.6. The average Bonchev–Trinajstić information content (AvgIpc) is 2.71. The predicted molar refractivity (Wildman–Crippen MR) is 118 cm³/mol. The summed E-state index contributed by atoms with van der Waals surface area (Å²) in [4.78, 5) is 22.9. The van der Waals surface area contributed by atoms with Crippen LogP contribution in [0.1, 0.15) is 0 Å². The van der Waals surface area contributed by atoms with Gasteiger partial charge in [0.25, 0.3) is 5.69 Å². The fraction of sp³-hybridized carbons (Fsp3) is 0.278. The minimum absolute atomic E-state index is 0.00687. The molecule has 14 heteroatoms. The van der Waals surface area contributed by atoms with Crippen LogP contribution in [-0.4, -0.2) is 66.0 Å². The smallest absolute Gasteiger partial charge is 0.271 e. The molecule has 0 aliphatic heterocycles. The number of hydrogen-bond acceptors (Lipinski definition) is 8. The number of sulfonamides is 2. The number of ether oxygens (including phenoxy) is 1. The summed E-state index contributed by atoms with van der Waals surface area (Å²) >= 11 is 0. The lowest BCUT2D eigenvalue weighted by molar-refractivity contribution is -0.384. The SMILES string of the molecule is COc1ccc([N+](=O)[O-])cc1NC(=O)CN(c1ccc(S(=O)(=O)N(C)C)cc1)S(C)(=O)=O. The number of nitro benzene ring substituents is 1. The molecular weight excluding hydrogens is 464 g/mol. The molecule has 0 spiro atoms. The average molecular weight is 487 g/mol. The molecule has 1 N–H and O–H groups in total. The van der Waals surface area contributed by atoms with Gasteiger partial charge in [-0.1, -0.05) is 0 Å². The van der Waals surface area contributed by atoms with Gasteiger partial charge in [-0.15, -0.1) is 0 Å². The molecule has 32 heavy (non-hydrogen) atoms. The largest absolute Gasteiger partial charge is 0.495 e. The quantitative estimate of drug-likeness (QED) is 0.410. The lowest BCUT2D eigenvalue weighted by Crippen LogP contribution is -2.37. The van der Waals surface area contributed by atoms with Gasteiger partial charge in [0.15, 0.2) is 0 Å². The Hall–Kier alpha value is -3.23. The normalized spacial score (nSPS) is 11.8. The van der Waals surface area contributed by atoms with Gasteiger partial charge in [-0.3, -0.25) is 19.2 Å². The van der Waals surface area contributed by atoms with Crippen molar-refractivity contribution < 1.29 is 31.3 Å². The fourth-order valence-electron chi connectivity index (χ4n) is 2.62. The zero-order valence-electron chi connectivity index (χ0n) is 17.7. The van der Waals surface area contributed by atoms with Gasteiger partial charge >= 0.3 is 0 Å². The number of hydrogen-bond donors (Lipinski definition) is 1. The van der Waals surface area contributed by atoms with E-state index < -0.39 is 37.4 Å². The Labute approximate surface area is 185 Å². The highest BCUT2D eigenvalue weighted by molar-refractivity contribution is 7.92. The second-order valence-electron chi connectivity index (χ2n) is 6.74. The van der Waals surface area contributed by atoms with E-state index in [9.17, 15) is 31.7 Å². The molecule has 2 aromatic rings. The Balaban J connectivity index is 2.32. The van der Waals surface area contributed by atoms with Gasteiger partial charge in [-0.2, -0.15) is 0 Å². The van der Waals surface area contributed by atoms with Crippen LogP contribution in [0.15, 0.2) is 47.4 Å². The molecule has 0 fully saturated rings. The van der Waals surface area contributed by atoms with Crippen LogP contribution in [0.3, 0.4) is 0 Å². The third-order valence-electron chi connectivity index (χ3n) is 4.26. The first-order valence-corrected chi connectivity index (χ1v) is 12.2. The van der Waals surface area contributed by atoms with E-state index in [-0.39, 0.29) is 27.7 Å². The van der Waals surface area contributed by atoms with Gasteiger partial charge in [0.1, 0.15) is 12.3 Å². The van der Waals surface area contributed by atoms with Crippen molar-refractivity contribution in [1.82, 2.24) is 4.31 Å². The summed E-state index contributed by atoms with van der Waals surface area (Å²) in [7, 11) is -3.63. The molecule has 0 aliphatic rings. The summed E-state index contributed by atoms with van der Waals surface area (Å²) in [6, 6.07) is 8.56. The molecule has 0 radical (unpaired) electrons. The lowest BCUT2D eigenvalue weighted by atomic mass is 10.2. The molecule has 0 aliphatic carbocycles. The van der Waals surface area contributed by atoms with Gasteiger partial charge in [-0.05, 0) is 30.3 Å². The third-order valence-corrected chi connectivity index (χ3v) is 7.23. The molecule has 2 aromatic carbocycles. The lowest BCUT2D eigenvalue weighted by Gasteiger charge is -2.22. The number of carbonyl (C=O) groups excluding carboxylic acids is 1. The number of nitrogens with zero attached hydrogens (tertiary/aromatic N) is 3. The van der Waals surface area contributed by atoms with E-state index in [2.05, 4.69) is 5.32 Å². The van der Waals surface area contributed by atoms with E-state index in [0.717, 1.165) is 20.9 Å². The number of nitrogens with one attached hydrogen (secondary N) is 1. The fourth-order valence-corrected chi connectivity index (χ4v) is 4.38. The van der Waals surface area contributed by atoms with Crippen LogP contribution < -0.4 is 14.4 Å². The number of amides is 1. The molecule has 0 bridgehead atoms. The highest BCUT2D eigenvalue weighted by Crippen LogP contribution is 2.29. The minimum atomic E-state index is -3.93. The van der Waals surface area contributed by atoms with Crippen molar-refractivity contribution in [2.24, 2.45) is 0 Å². The van der Waals surface area contributed by atoms with E-state index >= 15 is 0 Å². The first-order valence-electron chi connectivity index (χ1n) is 8.90. The highest BCUT2D eigenvalue weighted by Gasteiger charge is 2.24. The predicted octanol–water partition coefficient (Wildman–Crippen LogP) is 1.26. The topological polar surface area (TPSA) is 156 Å². The molecule has 0 saturated carbocycles. The molecule has 0 aromatic heterocycles. The summed E-state index contributed by atoms with van der Waals surface area (Å²) in [5, 5.41) is 13.4. The molecule has 0 atom stereocenters. The zero-order valence-corrected chi connectivity index (χ0v) is 19.3. The second-order valence-corrected chi connectivity index (χ2v) is 10.8. The first kappa shape index (κ1) is 25.0. The molecule has 174 valence electrons. The van der Waals surface area contributed by atoms with Crippen LogP contribution >= 0.6 is 0 Å². The highest BCUT2D eigenvalue weighted by atomic mass is 32.2. The van der Waals surface area contributed by atoms with Crippen molar-refractivity contribution in [2.45, 2.75) is 4.90 Å². The summed E-state index contributed by atoms with van der Waals surface area (Å²) in [5.74, 6) is -0.646. The maximum absolute atomic E-state index is 12.6. The van der Waals surface area contributed by atoms with Crippen LogP contribution in [0.5, 0.6) is 5.75 Å². The molecule has 0 saturated heterocycles. The number of carbonyl (C=O) groups is 1. The third kappa shape index (κ3) is 5.72. The first-order chi connectivity index (χ1) is 14.8. The second kappa shape index (κ2) is 9.50. The van der Waals surface area contributed by atoms with Gasteiger partial charge < -0.3 is 10.1 Å². The summed E-state index contributed by atoms with van der Waals surface area (Å²) < 4.78 is 55.8. The number of non-ortho nitro benzene ring substituents is 1.